The van der Waals surface area contributed by atoms with Crippen molar-refractivity contribution in [2.45, 2.75) is 12.1 Å². The van der Waals surface area contributed by atoms with E-state index in [2.05, 4.69) is 19.8 Å². The summed E-state index contributed by atoms with van der Waals surface area (Å²) in [6.45, 7) is 2.37. The quantitative estimate of drug-likeness (QED) is 0.804. The molecular weight excluding hydrogens is 316 g/mol. The fraction of sp³-hybridized carbons (Fsp3) is 0.500. The Bertz CT molecular complexity index is 678. The lowest BCUT2D eigenvalue weighted by molar-refractivity contribution is 0.108. The topological polar surface area (TPSA) is 61.7 Å². The number of hydrogen-bond acceptors (Lipinski definition) is 6. The lowest BCUT2D eigenvalue weighted by Gasteiger charge is -2.45. The Morgan fingerprint density at radius 3 is 2.91 bits per heavy atom. The van der Waals surface area contributed by atoms with Crippen LogP contribution in [0.3, 0.4) is 0 Å². The Labute approximate surface area is 140 Å². The minimum Gasteiger partial charge on any atom is -0.481 e. The summed E-state index contributed by atoms with van der Waals surface area (Å²) in [5, 5.41) is 9.66. The van der Waals surface area contributed by atoms with Crippen LogP contribution in [0, 0.1) is 0 Å². The highest BCUT2D eigenvalue weighted by Gasteiger charge is 2.32. The molecular formula is C16H21ClN4O2. The van der Waals surface area contributed by atoms with Gasteiger partial charge in [-0.25, -0.2) is 4.98 Å². The molecule has 1 aliphatic heterocycles. The lowest BCUT2D eigenvalue weighted by Crippen LogP contribution is -2.59. The van der Waals surface area contributed by atoms with Gasteiger partial charge in [0.25, 0.3) is 0 Å². The molecule has 0 saturated carbocycles. The number of anilines is 1. The minimum absolute atomic E-state index is 0.263. The molecule has 0 bridgehead atoms. The summed E-state index contributed by atoms with van der Waals surface area (Å²) in [7, 11) is 3.63. The number of aromatic nitrogens is 2. The van der Waals surface area contributed by atoms with E-state index < -0.39 is 6.10 Å². The number of nitrogens with zero attached hydrogens (tertiary/aromatic N) is 4. The maximum atomic E-state index is 9.66. The van der Waals surface area contributed by atoms with Gasteiger partial charge in [-0.2, -0.15) is 0 Å². The number of pyridine rings is 2. The van der Waals surface area contributed by atoms with Crippen LogP contribution in [0.4, 0.5) is 5.69 Å². The van der Waals surface area contributed by atoms with E-state index in [-0.39, 0.29) is 5.88 Å². The van der Waals surface area contributed by atoms with Crippen molar-refractivity contribution in [2.75, 3.05) is 44.6 Å². The molecule has 124 valence electrons. The van der Waals surface area contributed by atoms with Crippen molar-refractivity contribution in [1.29, 1.82) is 0 Å². The number of aliphatic hydroxyl groups is 1. The molecule has 1 saturated heterocycles. The SMILES string of the molecule is COc1ccc2nccc(N3CC(N(C)CC(O)CCl)C3)c2n1. The van der Waals surface area contributed by atoms with Crippen molar-refractivity contribution in [3.63, 3.8) is 0 Å². The van der Waals surface area contributed by atoms with E-state index in [1.807, 2.05) is 25.2 Å². The second kappa shape index (κ2) is 6.86. The van der Waals surface area contributed by atoms with Gasteiger partial charge in [0.05, 0.1) is 24.4 Å². The van der Waals surface area contributed by atoms with Crippen LogP contribution in [-0.2, 0) is 0 Å². The molecule has 23 heavy (non-hydrogen) atoms. The maximum absolute atomic E-state index is 9.66. The van der Waals surface area contributed by atoms with Crippen molar-refractivity contribution >= 4 is 28.3 Å². The van der Waals surface area contributed by atoms with Gasteiger partial charge in [-0.1, -0.05) is 0 Å². The molecule has 1 aliphatic rings. The summed E-state index contributed by atoms with van der Waals surface area (Å²) >= 11 is 5.67. The van der Waals surface area contributed by atoms with Crippen LogP contribution < -0.4 is 9.64 Å². The van der Waals surface area contributed by atoms with E-state index in [1.165, 1.54) is 0 Å². The Hall–Kier alpha value is -1.63. The van der Waals surface area contributed by atoms with E-state index in [0.717, 1.165) is 29.8 Å². The molecule has 1 N–H and O–H groups in total. The van der Waals surface area contributed by atoms with Crippen LogP contribution in [-0.4, -0.2) is 71.8 Å². The third-order valence-corrected chi connectivity index (χ3v) is 4.61. The number of aliphatic hydroxyl groups excluding tert-OH is 1. The van der Waals surface area contributed by atoms with Gasteiger partial charge in [0, 0.05) is 43.8 Å². The second-order valence-corrected chi connectivity index (χ2v) is 6.17. The van der Waals surface area contributed by atoms with E-state index in [1.54, 1.807) is 13.3 Å². The van der Waals surface area contributed by atoms with Crippen LogP contribution in [0.5, 0.6) is 5.88 Å². The van der Waals surface area contributed by atoms with Crippen LogP contribution in [0.15, 0.2) is 24.4 Å². The normalized spacial score (nSPS) is 16.7. The fourth-order valence-corrected chi connectivity index (χ4v) is 2.92. The summed E-state index contributed by atoms with van der Waals surface area (Å²) in [4.78, 5) is 13.3. The van der Waals surface area contributed by atoms with Crippen molar-refractivity contribution in [3.8, 4) is 5.88 Å². The highest BCUT2D eigenvalue weighted by atomic mass is 35.5. The molecule has 2 aromatic heterocycles. The summed E-state index contributed by atoms with van der Waals surface area (Å²) in [6.07, 6.45) is 1.32. The molecule has 0 amide bonds. The predicted octanol–water partition coefficient (Wildman–Crippen LogP) is 1.36. The number of rotatable bonds is 6. The molecule has 0 aromatic carbocycles. The number of ether oxygens (including phenoxy) is 1. The predicted molar refractivity (Wildman–Crippen MR) is 91.4 cm³/mol. The second-order valence-electron chi connectivity index (χ2n) is 5.86. The van der Waals surface area contributed by atoms with Gasteiger partial charge >= 0.3 is 0 Å². The van der Waals surface area contributed by atoms with Gasteiger partial charge in [0.1, 0.15) is 5.52 Å². The van der Waals surface area contributed by atoms with E-state index in [0.29, 0.717) is 18.5 Å². The average Bonchev–Trinajstić information content (AvgIpc) is 2.53. The number of likely N-dealkylation sites (N-methyl/N-ethyl adjacent to an activating group) is 1. The van der Waals surface area contributed by atoms with Crippen LogP contribution in [0.25, 0.3) is 11.0 Å². The van der Waals surface area contributed by atoms with Crippen molar-refractivity contribution in [2.24, 2.45) is 0 Å². The van der Waals surface area contributed by atoms with Crippen molar-refractivity contribution in [3.05, 3.63) is 24.4 Å². The zero-order valence-electron chi connectivity index (χ0n) is 13.3. The van der Waals surface area contributed by atoms with E-state index >= 15 is 0 Å². The average molecular weight is 337 g/mol. The van der Waals surface area contributed by atoms with Crippen LogP contribution in [0.1, 0.15) is 0 Å². The molecule has 3 rings (SSSR count). The zero-order chi connectivity index (χ0) is 16.4. The van der Waals surface area contributed by atoms with Crippen molar-refractivity contribution < 1.29 is 9.84 Å². The Morgan fingerprint density at radius 2 is 2.22 bits per heavy atom. The van der Waals surface area contributed by atoms with E-state index in [4.69, 9.17) is 16.3 Å². The Morgan fingerprint density at radius 1 is 1.43 bits per heavy atom. The van der Waals surface area contributed by atoms with E-state index in [9.17, 15) is 5.11 Å². The van der Waals surface area contributed by atoms with Gasteiger partial charge in [-0.3, -0.25) is 9.88 Å². The Balaban J connectivity index is 1.73. The molecule has 0 spiro atoms. The lowest BCUT2D eigenvalue weighted by atomic mass is 10.1. The third kappa shape index (κ3) is 3.34. The van der Waals surface area contributed by atoms with Gasteiger partial charge < -0.3 is 14.7 Å². The molecule has 6 nitrogen and oxygen atoms in total. The minimum atomic E-state index is -0.483. The first-order valence-electron chi connectivity index (χ1n) is 7.61. The summed E-state index contributed by atoms with van der Waals surface area (Å²) in [5.74, 6) is 0.852. The third-order valence-electron chi connectivity index (χ3n) is 4.25. The van der Waals surface area contributed by atoms with Gasteiger partial charge in [-0.05, 0) is 19.2 Å². The Kier molecular flexibility index (Phi) is 4.84. The molecule has 3 heterocycles. The molecule has 0 aliphatic carbocycles. The number of halogens is 1. The maximum Gasteiger partial charge on any atom is 0.213 e. The highest BCUT2D eigenvalue weighted by molar-refractivity contribution is 6.18. The first-order chi connectivity index (χ1) is 11.1. The molecule has 2 aromatic rings. The fourth-order valence-electron chi connectivity index (χ4n) is 2.82. The smallest absolute Gasteiger partial charge is 0.213 e. The highest BCUT2D eigenvalue weighted by Crippen LogP contribution is 2.30. The number of methoxy groups -OCH3 is 1. The van der Waals surface area contributed by atoms with Crippen LogP contribution in [0.2, 0.25) is 0 Å². The number of hydrogen-bond donors (Lipinski definition) is 1. The van der Waals surface area contributed by atoms with Gasteiger partial charge in [-0.15, -0.1) is 11.6 Å². The summed E-state index contributed by atoms with van der Waals surface area (Å²) in [5.41, 5.74) is 2.78. The van der Waals surface area contributed by atoms with Gasteiger partial charge in [0.15, 0.2) is 0 Å². The molecule has 7 heteroatoms. The number of fused-ring (bicyclic) bond motifs is 1. The largest absolute Gasteiger partial charge is 0.481 e. The molecule has 1 atom stereocenters. The standard InChI is InChI=1S/C16H21ClN4O2/c1-20(10-12(22)7-17)11-8-21(9-11)14-5-6-18-13-3-4-15(23-2)19-16(13)14/h3-6,11-12,22H,7-10H2,1-2H3. The number of alkyl halides is 1. The van der Waals surface area contributed by atoms with Crippen LogP contribution >= 0.6 is 11.6 Å². The molecule has 0 radical (unpaired) electrons. The van der Waals surface area contributed by atoms with Gasteiger partial charge in [0.2, 0.25) is 5.88 Å². The monoisotopic (exact) mass is 336 g/mol. The molecule has 1 fully saturated rings. The zero-order valence-corrected chi connectivity index (χ0v) is 14.1. The summed E-state index contributed by atoms with van der Waals surface area (Å²) < 4.78 is 5.22. The molecule has 1 unspecified atom stereocenters. The first-order valence-corrected chi connectivity index (χ1v) is 8.14. The van der Waals surface area contributed by atoms with Crippen molar-refractivity contribution in [1.82, 2.24) is 14.9 Å². The summed E-state index contributed by atoms with van der Waals surface area (Å²) in [6, 6.07) is 6.13. The first kappa shape index (κ1) is 16.2.